The maximum absolute atomic E-state index is 12.3. The molecule has 1 N–H and O–H groups in total. The van der Waals surface area contributed by atoms with E-state index in [1.807, 2.05) is 17.7 Å². The molecule has 128 valence electrons. The number of hydrogen-bond acceptors (Lipinski definition) is 3. The van der Waals surface area contributed by atoms with E-state index in [-0.39, 0.29) is 11.4 Å². The van der Waals surface area contributed by atoms with Crippen molar-refractivity contribution in [3.63, 3.8) is 0 Å². The molecule has 2 amide bonds. The molecule has 6 nitrogen and oxygen atoms in total. The van der Waals surface area contributed by atoms with Crippen LogP contribution in [0.3, 0.4) is 0 Å². The molecule has 0 bridgehead atoms. The number of benzene rings is 1. The van der Waals surface area contributed by atoms with E-state index in [2.05, 4.69) is 39.8 Å². The summed E-state index contributed by atoms with van der Waals surface area (Å²) >= 11 is 0. The number of urea groups is 1. The highest BCUT2D eigenvalue weighted by Gasteiger charge is 2.37. The molecular formula is C18H25N5O. The lowest BCUT2D eigenvalue weighted by atomic mass is 9.65. The lowest BCUT2D eigenvalue weighted by Gasteiger charge is -2.42. The minimum Gasteiger partial charge on any atom is -0.337 e. The van der Waals surface area contributed by atoms with Crippen LogP contribution in [0.25, 0.3) is 0 Å². The summed E-state index contributed by atoms with van der Waals surface area (Å²) in [6.07, 6.45) is 7.99. The molecule has 0 aliphatic heterocycles. The SMILES string of the molecule is CN(CCn1cnnc1)C(=O)NCC1(Cc2ccccc2)CCC1. The van der Waals surface area contributed by atoms with Crippen LogP contribution in [-0.2, 0) is 13.0 Å². The van der Waals surface area contributed by atoms with Crippen molar-refractivity contribution in [3.05, 3.63) is 48.5 Å². The highest BCUT2D eigenvalue weighted by Crippen LogP contribution is 2.43. The third-order valence-corrected chi connectivity index (χ3v) is 4.96. The van der Waals surface area contributed by atoms with Gasteiger partial charge in [-0.05, 0) is 30.2 Å². The van der Waals surface area contributed by atoms with E-state index in [1.165, 1.54) is 24.8 Å². The highest BCUT2D eigenvalue weighted by molar-refractivity contribution is 5.73. The smallest absolute Gasteiger partial charge is 0.317 e. The van der Waals surface area contributed by atoms with Crippen LogP contribution in [0, 0.1) is 5.41 Å². The summed E-state index contributed by atoms with van der Waals surface area (Å²) in [5.74, 6) is 0. The second-order valence-electron chi connectivity index (χ2n) is 6.80. The fraction of sp³-hybridized carbons (Fsp3) is 0.500. The standard InChI is InChI=1S/C18H25N5O/c1-22(10-11-23-14-20-21-15-23)17(24)19-13-18(8-5-9-18)12-16-6-3-2-4-7-16/h2-4,6-7,14-15H,5,8-13H2,1H3,(H,19,24). The molecule has 24 heavy (non-hydrogen) atoms. The van der Waals surface area contributed by atoms with E-state index in [9.17, 15) is 4.79 Å². The number of nitrogens with one attached hydrogen (secondary N) is 1. The quantitative estimate of drug-likeness (QED) is 0.849. The summed E-state index contributed by atoms with van der Waals surface area (Å²) in [4.78, 5) is 14.0. The molecule has 1 aliphatic rings. The zero-order valence-electron chi connectivity index (χ0n) is 14.2. The molecule has 1 saturated carbocycles. The number of rotatable bonds is 7. The Kier molecular flexibility index (Phi) is 5.13. The van der Waals surface area contributed by atoms with Gasteiger partial charge in [-0.2, -0.15) is 0 Å². The third-order valence-electron chi connectivity index (χ3n) is 4.96. The van der Waals surface area contributed by atoms with Crippen molar-refractivity contribution in [2.75, 3.05) is 20.1 Å². The zero-order valence-corrected chi connectivity index (χ0v) is 14.2. The van der Waals surface area contributed by atoms with Crippen molar-refractivity contribution in [2.24, 2.45) is 5.41 Å². The molecule has 3 rings (SSSR count). The first-order valence-corrected chi connectivity index (χ1v) is 8.52. The molecule has 6 heteroatoms. The van der Waals surface area contributed by atoms with Gasteiger partial charge in [0.05, 0.1) is 0 Å². The van der Waals surface area contributed by atoms with Crippen LogP contribution in [0.15, 0.2) is 43.0 Å². The van der Waals surface area contributed by atoms with E-state index in [0.717, 1.165) is 13.0 Å². The van der Waals surface area contributed by atoms with Gasteiger partial charge in [0.25, 0.3) is 0 Å². The molecule has 0 saturated heterocycles. The number of carbonyl (C=O) groups is 1. The Morgan fingerprint density at radius 2 is 1.96 bits per heavy atom. The highest BCUT2D eigenvalue weighted by atomic mass is 16.2. The summed E-state index contributed by atoms with van der Waals surface area (Å²) in [6, 6.07) is 10.5. The van der Waals surface area contributed by atoms with Gasteiger partial charge < -0.3 is 14.8 Å². The van der Waals surface area contributed by atoms with Gasteiger partial charge in [0, 0.05) is 26.7 Å². The lowest BCUT2D eigenvalue weighted by Crippen LogP contribution is -2.47. The minimum absolute atomic E-state index is 0.0117. The molecule has 1 heterocycles. The van der Waals surface area contributed by atoms with Gasteiger partial charge >= 0.3 is 6.03 Å². The van der Waals surface area contributed by atoms with Crippen LogP contribution in [0.5, 0.6) is 0 Å². The fourth-order valence-corrected chi connectivity index (χ4v) is 3.22. The average Bonchev–Trinajstić information content (AvgIpc) is 3.09. The second-order valence-corrected chi connectivity index (χ2v) is 6.80. The summed E-state index contributed by atoms with van der Waals surface area (Å²) in [5.41, 5.74) is 1.58. The van der Waals surface area contributed by atoms with Crippen LogP contribution < -0.4 is 5.32 Å². The summed E-state index contributed by atoms with van der Waals surface area (Å²) in [6.45, 7) is 2.08. The first kappa shape index (κ1) is 16.5. The maximum Gasteiger partial charge on any atom is 0.317 e. The van der Waals surface area contributed by atoms with Gasteiger partial charge in [-0.1, -0.05) is 36.8 Å². The van der Waals surface area contributed by atoms with Gasteiger partial charge in [0.2, 0.25) is 0 Å². The predicted molar refractivity (Wildman–Crippen MR) is 92.5 cm³/mol. The van der Waals surface area contributed by atoms with Gasteiger partial charge in [-0.15, -0.1) is 10.2 Å². The molecule has 0 unspecified atom stereocenters. The minimum atomic E-state index is -0.0117. The topological polar surface area (TPSA) is 63.1 Å². The number of aromatic nitrogens is 3. The van der Waals surface area contributed by atoms with Crippen LogP contribution >= 0.6 is 0 Å². The van der Waals surface area contributed by atoms with Crippen LogP contribution in [0.1, 0.15) is 24.8 Å². The number of amides is 2. The monoisotopic (exact) mass is 327 g/mol. The number of hydrogen-bond donors (Lipinski definition) is 1. The molecule has 1 aromatic heterocycles. The first-order valence-electron chi connectivity index (χ1n) is 8.52. The molecular weight excluding hydrogens is 302 g/mol. The van der Waals surface area contributed by atoms with Crippen LogP contribution in [-0.4, -0.2) is 45.8 Å². The van der Waals surface area contributed by atoms with Gasteiger partial charge in [0.15, 0.2) is 0 Å². The third kappa shape index (κ3) is 4.13. The fourth-order valence-electron chi connectivity index (χ4n) is 3.22. The second kappa shape index (κ2) is 7.47. The van der Waals surface area contributed by atoms with E-state index in [1.54, 1.807) is 17.6 Å². The first-order chi connectivity index (χ1) is 11.7. The molecule has 0 spiro atoms. The van der Waals surface area contributed by atoms with E-state index in [4.69, 9.17) is 0 Å². The van der Waals surface area contributed by atoms with Crippen molar-refractivity contribution >= 4 is 6.03 Å². The van der Waals surface area contributed by atoms with Gasteiger partial charge in [0.1, 0.15) is 12.7 Å². The Morgan fingerprint density at radius 1 is 1.25 bits per heavy atom. The largest absolute Gasteiger partial charge is 0.337 e. The number of likely N-dealkylation sites (N-methyl/N-ethyl adjacent to an activating group) is 1. The van der Waals surface area contributed by atoms with E-state index in [0.29, 0.717) is 13.1 Å². The maximum atomic E-state index is 12.3. The normalized spacial score (nSPS) is 15.5. The predicted octanol–water partition coefficient (Wildman–Crippen LogP) is 2.33. The van der Waals surface area contributed by atoms with Crippen LogP contribution in [0.4, 0.5) is 4.79 Å². The molecule has 2 aromatic rings. The zero-order chi connectivity index (χ0) is 16.8. The van der Waals surface area contributed by atoms with E-state index < -0.39 is 0 Å². The Morgan fingerprint density at radius 3 is 2.58 bits per heavy atom. The molecule has 1 fully saturated rings. The number of carbonyl (C=O) groups excluding carboxylic acids is 1. The Hall–Kier alpha value is -2.37. The Balaban J connectivity index is 1.47. The van der Waals surface area contributed by atoms with Crippen molar-refractivity contribution in [2.45, 2.75) is 32.2 Å². The summed E-state index contributed by atoms with van der Waals surface area (Å²) in [5, 5.41) is 10.7. The van der Waals surface area contributed by atoms with Crippen molar-refractivity contribution in [1.82, 2.24) is 25.0 Å². The molecule has 1 aliphatic carbocycles. The molecule has 0 radical (unpaired) electrons. The Labute approximate surface area is 142 Å². The van der Waals surface area contributed by atoms with Gasteiger partial charge in [-0.25, -0.2) is 4.79 Å². The van der Waals surface area contributed by atoms with Crippen molar-refractivity contribution in [1.29, 1.82) is 0 Å². The lowest BCUT2D eigenvalue weighted by molar-refractivity contribution is 0.127. The average molecular weight is 327 g/mol. The summed E-state index contributed by atoms with van der Waals surface area (Å²) < 4.78 is 1.87. The Bertz CT molecular complexity index is 637. The number of nitrogens with zero attached hydrogens (tertiary/aromatic N) is 4. The van der Waals surface area contributed by atoms with E-state index >= 15 is 0 Å². The summed E-state index contributed by atoms with van der Waals surface area (Å²) in [7, 11) is 1.82. The molecule has 0 atom stereocenters. The van der Waals surface area contributed by atoms with Crippen molar-refractivity contribution in [3.8, 4) is 0 Å². The van der Waals surface area contributed by atoms with Crippen LogP contribution in [0.2, 0.25) is 0 Å². The molecule has 1 aromatic carbocycles. The van der Waals surface area contributed by atoms with Gasteiger partial charge in [-0.3, -0.25) is 0 Å². The van der Waals surface area contributed by atoms with Crippen molar-refractivity contribution < 1.29 is 4.79 Å².